The summed E-state index contributed by atoms with van der Waals surface area (Å²) in [5.41, 5.74) is 1.11. The second kappa shape index (κ2) is 4.17. The normalized spacial score (nSPS) is 29.5. The molecule has 0 aliphatic carbocycles. The van der Waals surface area contributed by atoms with Crippen LogP contribution in [-0.4, -0.2) is 26.6 Å². The first-order valence-corrected chi connectivity index (χ1v) is 8.99. The van der Waals surface area contributed by atoms with Crippen molar-refractivity contribution in [1.82, 2.24) is 0 Å². The summed E-state index contributed by atoms with van der Waals surface area (Å²) in [6.45, 7) is 15.2. The van der Waals surface area contributed by atoms with Crippen molar-refractivity contribution in [3.05, 3.63) is 12.2 Å². The van der Waals surface area contributed by atoms with Crippen molar-refractivity contribution in [2.75, 3.05) is 0 Å². The van der Waals surface area contributed by atoms with Crippen molar-refractivity contribution in [2.24, 2.45) is 0 Å². The van der Waals surface area contributed by atoms with E-state index < -0.39 is 8.07 Å². The van der Waals surface area contributed by atoms with Gasteiger partial charge >= 0.3 is 0 Å². The molecule has 0 N–H and O–H groups in total. The second-order valence-electron chi connectivity index (χ2n) is 5.41. The Labute approximate surface area is 88.3 Å². The van der Waals surface area contributed by atoms with Crippen LogP contribution in [0.25, 0.3) is 0 Å². The lowest BCUT2D eigenvalue weighted by atomic mass is 10.3. The summed E-state index contributed by atoms with van der Waals surface area (Å²) >= 11 is 0. The predicted molar refractivity (Wildman–Crippen MR) is 62.2 cm³/mol. The third-order valence-corrected chi connectivity index (χ3v) is 3.94. The van der Waals surface area contributed by atoms with Crippen LogP contribution in [0.4, 0.5) is 0 Å². The van der Waals surface area contributed by atoms with Crippen molar-refractivity contribution in [3.8, 4) is 0 Å². The Bertz CT molecular complexity index is 210. The summed E-state index contributed by atoms with van der Waals surface area (Å²) in [5.74, 6) is 0. The monoisotopic (exact) mass is 214 g/mol. The van der Waals surface area contributed by atoms with Crippen LogP contribution in [0.5, 0.6) is 0 Å². The molecule has 0 saturated carbocycles. The quantitative estimate of drug-likeness (QED) is 0.531. The molecule has 1 rings (SSSR count). The first-order chi connectivity index (χ1) is 6.29. The molecule has 1 saturated heterocycles. The molecule has 2 nitrogen and oxygen atoms in total. The first kappa shape index (κ1) is 11.9. The van der Waals surface area contributed by atoms with Gasteiger partial charge in [-0.3, -0.25) is 0 Å². The summed E-state index contributed by atoms with van der Waals surface area (Å²) in [6.07, 6.45) is 0.225. The summed E-state index contributed by atoms with van der Waals surface area (Å²) in [7, 11) is -1.09. The van der Waals surface area contributed by atoms with Crippen molar-refractivity contribution < 1.29 is 9.47 Å². The van der Waals surface area contributed by atoms with E-state index in [9.17, 15) is 0 Å². The lowest BCUT2D eigenvalue weighted by Gasteiger charge is -2.20. The fraction of sp³-hybridized carbons (Fsp3) is 0.818. The smallest absolute Gasteiger partial charge is 0.180 e. The second-order valence-corrected chi connectivity index (χ2v) is 10.9. The molecule has 1 aliphatic heterocycles. The van der Waals surface area contributed by atoms with Gasteiger partial charge in [-0.2, -0.15) is 0 Å². The van der Waals surface area contributed by atoms with Crippen molar-refractivity contribution >= 4 is 8.07 Å². The predicted octanol–water partition coefficient (Wildman–Crippen LogP) is 3.03. The molecule has 0 unspecified atom stereocenters. The minimum absolute atomic E-state index is 0.160. The molecule has 1 aliphatic rings. The molecule has 0 spiro atoms. The fourth-order valence-electron chi connectivity index (χ4n) is 1.60. The third kappa shape index (κ3) is 3.22. The van der Waals surface area contributed by atoms with E-state index in [1.54, 1.807) is 0 Å². The molecule has 82 valence electrons. The van der Waals surface area contributed by atoms with Gasteiger partial charge in [0, 0.05) is 8.07 Å². The van der Waals surface area contributed by atoms with Gasteiger partial charge in [-0.05, 0) is 25.5 Å². The van der Waals surface area contributed by atoms with Crippen LogP contribution < -0.4 is 0 Å². The van der Waals surface area contributed by atoms with Gasteiger partial charge in [0.05, 0.1) is 12.2 Å². The Morgan fingerprint density at radius 3 is 1.93 bits per heavy atom. The lowest BCUT2D eigenvalue weighted by molar-refractivity contribution is -0.0329. The van der Waals surface area contributed by atoms with E-state index in [1.807, 2.05) is 13.8 Å². The maximum absolute atomic E-state index is 5.68. The van der Waals surface area contributed by atoms with Crippen LogP contribution in [0.1, 0.15) is 13.8 Å². The van der Waals surface area contributed by atoms with Crippen LogP contribution in [0.15, 0.2) is 12.2 Å². The molecule has 14 heavy (non-hydrogen) atoms. The fourth-order valence-corrected chi connectivity index (χ4v) is 3.13. The zero-order valence-electron chi connectivity index (χ0n) is 9.96. The van der Waals surface area contributed by atoms with Crippen LogP contribution in [0, 0.1) is 0 Å². The largest absolute Gasteiger partial charge is 0.343 e. The highest BCUT2D eigenvalue weighted by molar-refractivity contribution is 6.76. The molecular weight excluding hydrogens is 192 g/mol. The van der Waals surface area contributed by atoms with Crippen molar-refractivity contribution in [1.29, 1.82) is 0 Å². The van der Waals surface area contributed by atoms with E-state index in [1.165, 1.54) is 0 Å². The standard InChI is InChI=1S/C11H22O2Si/c1-8(7-14(4,5)6)11-12-9(2)10(3)13-11/h9-11H,1,7H2,2-6H3/t9-,10-/m1/s1. The first-order valence-electron chi connectivity index (χ1n) is 5.28. The van der Waals surface area contributed by atoms with E-state index in [-0.39, 0.29) is 18.5 Å². The van der Waals surface area contributed by atoms with Crippen LogP contribution >= 0.6 is 0 Å². The molecule has 0 aromatic rings. The van der Waals surface area contributed by atoms with Gasteiger partial charge in [0.15, 0.2) is 6.29 Å². The highest BCUT2D eigenvalue weighted by Gasteiger charge is 2.32. The molecule has 0 aromatic heterocycles. The molecule has 2 atom stereocenters. The topological polar surface area (TPSA) is 18.5 Å². The Morgan fingerprint density at radius 1 is 1.14 bits per heavy atom. The Kier molecular flexibility index (Phi) is 3.56. The van der Waals surface area contributed by atoms with Gasteiger partial charge in [-0.25, -0.2) is 0 Å². The van der Waals surface area contributed by atoms with Gasteiger partial charge in [0.1, 0.15) is 0 Å². The minimum atomic E-state index is -1.09. The van der Waals surface area contributed by atoms with Crippen LogP contribution in [0.3, 0.4) is 0 Å². The summed E-state index contributed by atoms with van der Waals surface area (Å²) in [5, 5.41) is 0. The summed E-state index contributed by atoms with van der Waals surface area (Å²) < 4.78 is 11.4. The number of hydrogen-bond acceptors (Lipinski definition) is 2. The van der Waals surface area contributed by atoms with Gasteiger partial charge in [-0.1, -0.05) is 26.2 Å². The van der Waals surface area contributed by atoms with E-state index in [2.05, 4.69) is 26.2 Å². The van der Waals surface area contributed by atoms with Crippen LogP contribution in [0.2, 0.25) is 25.7 Å². The number of rotatable bonds is 3. The molecular formula is C11H22O2Si. The summed E-state index contributed by atoms with van der Waals surface area (Å²) in [6, 6.07) is 1.08. The molecule has 3 heteroatoms. The highest BCUT2D eigenvalue weighted by atomic mass is 28.3. The average molecular weight is 214 g/mol. The molecule has 1 fully saturated rings. The SMILES string of the molecule is C=C(C[Si](C)(C)C)C1O[C@H](C)[C@@H](C)O1. The molecule has 0 amide bonds. The highest BCUT2D eigenvalue weighted by Crippen LogP contribution is 2.27. The van der Waals surface area contributed by atoms with E-state index in [4.69, 9.17) is 9.47 Å². The minimum Gasteiger partial charge on any atom is -0.343 e. The number of ether oxygens (including phenoxy) is 2. The molecule has 1 heterocycles. The van der Waals surface area contributed by atoms with E-state index >= 15 is 0 Å². The van der Waals surface area contributed by atoms with Crippen molar-refractivity contribution in [3.63, 3.8) is 0 Å². The molecule has 0 bridgehead atoms. The zero-order valence-corrected chi connectivity index (χ0v) is 11.0. The van der Waals surface area contributed by atoms with E-state index in [0.29, 0.717) is 0 Å². The lowest BCUT2D eigenvalue weighted by Crippen LogP contribution is -2.24. The average Bonchev–Trinajstić information content (AvgIpc) is 2.28. The van der Waals surface area contributed by atoms with Gasteiger partial charge in [0.25, 0.3) is 0 Å². The van der Waals surface area contributed by atoms with Crippen molar-refractivity contribution in [2.45, 2.75) is 58.0 Å². The Morgan fingerprint density at radius 2 is 1.57 bits per heavy atom. The van der Waals surface area contributed by atoms with Gasteiger partial charge < -0.3 is 9.47 Å². The maximum atomic E-state index is 5.68. The molecule has 0 aromatic carbocycles. The maximum Gasteiger partial charge on any atom is 0.180 e. The van der Waals surface area contributed by atoms with Gasteiger partial charge in [0.2, 0.25) is 0 Å². The van der Waals surface area contributed by atoms with Gasteiger partial charge in [-0.15, -0.1) is 0 Å². The van der Waals surface area contributed by atoms with Crippen LogP contribution in [-0.2, 0) is 9.47 Å². The Hall–Kier alpha value is -0.123. The number of hydrogen-bond donors (Lipinski definition) is 0. The van der Waals surface area contributed by atoms with E-state index in [0.717, 1.165) is 11.6 Å². The summed E-state index contributed by atoms with van der Waals surface area (Å²) in [4.78, 5) is 0. The molecule has 0 radical (unpaired) electrons. The zero-order chi connectivity index (χ0) is 10.9. The third-order valence-electron chi connectivity index (χ3n) is 2.43. The Balaban J connectivity index is 2.48.